The summed E-state index contributed by atoms with van der Waals surface area (Å²) < 4.78 is 11.7. The number of morpholine rings is 1. The van der Waals surface area contributed by atoms with Gasteiger partial charge in [-0.3, -0.25) is 9.69 Å². The van der Waals surface area contributed by atoms with Crippen LogP contribution in [0.1, 0.15) is 73.1 Å². The molecule has 1 N–H and O–H groups in total. The first-order valence-electron chi connectivity index (χ1n) is 11.1. The lowest BCUT2D eigenvalue weighted by Crippen LogP contribution is -2.48. The van der Waals surface area contributed by atoms with Crippen molar-refractivity contribution in [1.82, 2.24) is 10.2 Å². The number of carbonyl (C=O) groups excluding carboxylic acids is 1. The van der Waals surface area contributed by atoms with E-state index < -0.39 is 0 Å². The first-order chi connectivity index (χ1) is 12.9. The molecule has 1 amide bonds. The van der Waals surface area contributed by atoms with Crippen LogP contribution in [0.5, 0.6) is 0 Å². The number of amides is 1. The van der Waals surface area contributed by atoms with Crippen LogP contribution >= 0.6 is 0 Å². The smallest absolute Gasteiger partial charge is 0.222 e. The van der Waals surface area contributed by atoms with Gasteiger partial charge in [0.1, 0.15) is 0 Å². The molecule has 5 heteroatoms. The average Bonchev–Trinajstić information content (AvgIpc) is 2.63. The number of nitrogens with one attached hydrogen (secondary N) is 1. The number of hydrogen-bond donors (Lipinski definition) is 1. The Morgan fingerprint density at radius 3 is 2.74 bits per heavy atom. The van der Waals surface area contributed by atoms with Gasteiger partial charge in [-0.2, -0.15) is 0 Å². The first kappa shape index (κ1) is 24.4. The van der Waals surface area contributed by atoms with E-state index in [2.05, 4.69) is 37.9 Å². The summed E-state index contributed by atoms with van der Waals surface area (Å²) in [6, 6.07) is 0. The van der Waals surface area contributed by atoms with Gasteiger partial charge in [0.25, 0.3) is 0 Å². The molecule has 2 atom stereocenters. The molecule has 1 fully saturated rings. The summed E-state index contributed by atoms with van der Waals surface area (Å²) in [6.07, 6.45) is 6.98. The molecule has 1 saturated heterocycles. The molecule has 1 heterocycles. The Kier molecular flexibility index (Phi) is 12.2. The van der Waals surface area contributed by atoms with Gasteiger partial charge >= 0.3 is 0 Å². The summed E-state index contributed by atoms with van der Waals surface area (Å²) >= 11 is 0. The molecule has 0 aromatic carbocycles. The zero-order valence-electron chi connectivity index (χ0n) is 18.5. The monoisotopic (exact) mass is 384 g/mol. The quantitative estimate of drug-likeness (QED) is 0.462. The van der Waals surface area contributed by atoms with Crippen molar-refractivity contribution >= 4 is 5.91 Å². The van der Waals surface area contributed by atoms with Crippen molar-refractivity contribution in [2.24, 2.45) is 11.3 Å². The van der Waals surface area contributed by atoms with Crippen LogP contribution in [-0.4, -0.2) is 62.9 Å². The second kappa shape index (κ2) is 13.5. The van der Waals surface area contributed by atoms with Crippen LogP contribution < -0.4 is 5.32 Å². The Bertz CT molecular complexity index is 401. The zero-order chi connectivity index (χ0) is 20.1. The van der Waals surface area contributed by atoms with Crippen LogP contribution in [0.3, 0.4) is 0 Å². The fourth-order valence-electron chi connectivity index (χ4n) is 3.81. The molecule has 160 valence electrons. The third-order valence-electron chi connectivity index (χ3n) is 5.52. The van der Waals surface area contributed by atoms with E-state index in [0.29, 0.717) is 12.0 Å². The van der Waals surface area contributed by atoms with Crippen molar-refractivity contribution in [3.05, 3.63) is 0 Å². The number of ether oxygens (including phenoxy) is 2. The lowest BCUT2D eigenvalue weighted by molar-refractivity contribution is -0.126. The normalized spacial score (nSPS) is 19.8. The zero-order valence-corrected chi connectivity index (χ0v) is 18.5. The minimum atomic E-state index is 0.0883. The fourth-order valence-corrected chi connectivity index (χ4v) is 3.81. The lowest BCUT2D eigenvalue weighted by Gasteiger charge is -2.33. The molecule has 0 aliphatic carbocycles. The lowest BCUT2D eigenvalue weighted by atomic mass is 9.83. The highest BCUT2D eigenvalue weighted by Gasteiger charge is 2.22. The van der Waals surface area contributed by atoms with E-state index in [0.717, 1.165) is 58.7 Å². The molecule has 0 radical (unpaired) electrons. The molecule has 0 spiro atoms. The molecule has 27 heavy (non-hydrogen) atoms. The van der Waals surface area contributed by atoms with E-state index in [1.165, 1.54) is 19.3 Å². The fraction of sp³-hybridized carbons (Fsp3) is 0.955. The molecule has 1 aliphatic heterocycles. The maximum Gasteiger partial charge on any atom is 0.222 e. The molecule has 1 aliphatic rings. The maximum absolute atomic E-state index is 12.0. The minimum absolute atomic E-state index is 0.0883. The first-order valence-corrected chi connectivity index (χ1v) is 11.1. The van der Waals surface area contributed by atoms with Crippen LogP contribution in [0.25, 0.3) is 0 Å². The molecule has 5 nitrogen and oxygen atoms in total. The van der Waals surface area contributed by atoms with Gasteiger partial charge in [0.2, 0.25) is 5.91 Å². The third kappa shape index (κ3) is 11.1. The van der Waals surface area contributed by atoms with Crippen molar-refractivity contribution in [3.8, 4) is 0 Å². The second-order valence-corrected chi connectivity index (χ2v) is 8.86. The Balaban J connectivity index is 2.12. The van der Waals surface area contributed by atoms with E-state index in [1.54, 1.807) is 0 Å². The van der Waals surface area contributed by atoms with Crippen LogP contribution in [0.4, 0.5) is 0 Å². The van der Waals surface area contributed by atoms with Crippen molar-refractivity contribution in [2.45, 2.75) is 79.2 Å². The van der Waals surface area contributed by atoms with Gasteiger partial charge in [-0.1, -0.05) is 47.5 Å². The van der Waals surface area contributed by atoms with Gasteiger partial charge < -0.3 is 14.8 Å². The second-order valence-electron chi connectivity index (χ2n) is 8.86. The van der Waals surface area contributed by atoms with Gasteiger partial charge in [-0.25, -0.2) is 0 Å². The Labute approximate surface area is 167 Å². The molecule has 1 rings (SSSR count). The van der Waals surface area contributed by atoms with Crippen molar-refractivity contribution in [1.29, 1.82) is 0 Å². The van der Waals surface area contributed by atoms with E-state index in [9.17, 15) is 4.79 Å². The van der Waals surface area contributed by atoms with Crippen LogP contribution in [0.2, 0.25) is 0 Å². The van der Waals surface area contributed by atoms with E-state index in [-0.39, 0.29) is 17.9 Å². The van der Waals surface area contributed by atoms with E-state index in [1.807, 2.05) is 6.92 Å². The highest BCUT2D eigenvalue weighted by atomic mass is 16.5. The number of carbonyl (C=O) groups is 1. The predicted molar refractivity (Wildman–Crippen MR) is 112 cm³/mol. The topological polar surface area (TPSA) is 50.8 Å². The summed E-state index contributed by atoms with van der Waals surface area (Å²) in [7, 11) is 0. The molecular weight excluding hydrogens is 340 g/mol. The van der Waals surface area contributed by atoms with Gasteiger partial charge in [0.15, 0.2) is 0 Å². The standard InChI is InChI=1S/C22H44N2O3/c1-6-9-19(3)21(25)23-17-20-18-24(13-16-27-20)12-15-26-14-8-11-22(4,5)10-7-2/h19-20H,6-18H2,1-5H3,(H,23,25)/t19?,20-/m1/s1. The Hall–Kier alpha value is -0.650. The Morgan fingerprint density at radius 1 is 1.26 bits per heavy atom. The Morgan fingerprint density at radius 2 is 2.04 bits per heavy atom. The molecule has 1 unspecified atom stereocenters. The molecule has 0 aromatic heterocycles. The minimum Gasteiger partial charge on any atom is -0.380 e. The molecule has 0 bridgehead atoms. The average molecular weight is 385 g/mol. The number of nitrogens with zero attached hydrogens (tertiary/aromatic N) is 1. The summed E-state index contributed by atoms with van der Waals surface area (Å²) in [6.45, 7) is 16.8. The SMILES string of the molecule is CCCC(C)C(=O)NC[C@@H]1CN(CCOCCCC(C)(C)CCC)CCO1. The largest absolute Gasteiger partial charge is 0.380 e. The van der Waals surface area contributed by atoms with Gasteiger partial charge in [-0.15, -0.1) is 0 Å². The van der Waals surface area contributed by atoms with Gasteiger partial charge in [0, 0.05) is 38.7 Å². The van der Waals surface area contributed by atoms with Gasteiger partial charge in [0.05, 0.1) is 19.3 Å². The van der Waals surface area contributed by atoms with E-state index in [4.69, 9.17) is 9.47 Å². The highest BCUT2D eigenvalue weighted by molar-refractivity contribution is 5.78. The third-order valence-corrected chi connectivity index (χ3v) is 5.52. The molecule has 0 aromatic rings. The molecule has 0 saturated carbocycles. The number of hydrogen-bond acceptors (Lipinski definition) is 4. The van der Waals surface area contributed by atoms with Gasteiger partial charge in [-0.05, 0) is 31.1 Å². The summed E-state index contributed by atoms with van der Waals surface area (Å²) in [5.41, 5.74) is 0.439. The van der Waals surface area contributed by atoms with Crippen LogP contribution in [0, 0.1) is 11.3 Å². The van der Waals surface area contributed by atoms with Crippen LogP contribution in [0.15, 0.2) is 0 Å². The predicted octanol–water partition coefficient (Wildman–Crippen LogP) is 3.86. The van der Waals surface area contributed by atoms with Crippen LogP contribution in [-0.2, 0) is 14.3 Å². The maximum atomic E-state index is 12.0. The molecular formula is C22H44N2O3. The highest BCUT2D eigenvalue weighted by Crippen LogP contribution is 2.27. The van der Waals surface area contributed by atoms with Crippen molar-refractivity contribution < 1.29 is 14.3 Å². The van der Waals surface area contributed by atoms with Crippen molar-refractivity contribution in [2.75, 3.05) is 46.0 Å². The summed E-state index contributed by atoms with van der Waals surface area (Å²) in [5, 5.41) is 3.04. The summed E-state index contributed by atoms with van der Waals surface area (Å²) in [5.74, 6) is 0.234. The number of rotatable bonds is 14. The van der Waals surface area contributed by atoms with Crippen molar-refractivity contribution in [3.63, 3.8) is 0 Å². The van der Waals surface area contributed by atoms with E-state index >= 15 is 0 Å². The summed E-state index contributed by atoms with van der Waals surface area (Å²) in [4.78, 5) is 14.4.